The van der Waals surface area contributed by atoms with Gasteiger partial charge in [-0.3, -0.25) is 14.5 Å². The summed E-state index contributed by atoms with van der Waals surface area (Å²) in [6, 6.07) is 18.0. The van der Waals surface area contributed by atoms with Gasteiger partial charge in [0.25, 0.3) is 11.7 Å². The Balaban J connectivity index is 1.95. The molecule has 0 bridgehead atoms. The van der Waals surface area contributed by atoms with Crippen LogP contribution in [0.4, 0.5) is 10.1 Å². The molecule has 32 heavy (non-hydrogen) atoms. The first-order valence-electron chi connectivity index (χ1n) is 9.80. The molecule has 1 fully saturated rings. The average Bonchev–Trinajstić information content (AvgIpc) is 3.09. The lowest BCUT2D eigenvalue weighted by molar-refractivity contribution is -0.132. The van der Waals surface area contributed by atoms with Crippen LogP contribution in [0.15, 0.2) is 78.4 Å². The van der Waals surface area contributed by atoms with Crippen LogP contribution >= 0.6 is 0 Å². The van der Waals surface area contributed by atoms with Crippen molar-refractivity contribution in [3.63, 3.8) is 0 Å². The maximum Gasteiger partial charge on any atom is 0.300 e. The predicted octanol–water partition coefficient (Wildman–Crippen LogP) is 4.47. The highest BCUT2D eigenvalue weighted by atomic mass is 19.1. The number of rotatable bonds is 5. The molecule has 0 spiro atoms. The standard InChI is InChI=1S/C25H20FNO5/c1-31-18-12-13-19(20(14-18)32-2)23(28)21-22(15-6-4-3-5-7-15)27(25(30)24(21)29)17-10-8-16(26)9-11-17/h3-14,22,28H,1-2H3/b23-21-. The second-order valence-electron chi connectivity index (χ2n) is 7.12. The Morgan fingerprint density at radius 2 is 1.62 bits per heavy atom. The van der Waals surface area contributed by atoms with E-state index in [4.69, 9.17) is 9.47 Å². The number of halogens is 1. The Labute approximate surface area is 184 Å². The molecular formula is C25H20FNO5. The zero-order valence-corrected chi connectivity index (χ0v) is 17.4. The molecule has 1 atom stereocenters. The van der Waals surface area contributed by atoms with E-state index >= 15 is 0 Å². The van der Waals surface area contributed by atoms with Gasteiger partial charge in [-0.1, -0.05) is 30.3 Å². The summed E-state index contributed by atoms with van der Waals surface area (Å²) in [6.07, 6.45) is 0. The summed E-state index contributed by atoms with van der Waals surface area (Å²) in [6.45, 7) is 0. The van der Waals surface area contributed by atoms with Gasteiger partial charge in [0.2, 0.25) is 0 Å². The van der Waals surface area contributed by atoms with Gasteiger partial charge in [0, 0.05) is 11.8 Å². The summed E-state index contributed by atoms with van der Waals surface area (Å²) < 4.78 is 24.1. The fourth-order valence-corrected chi connectivity index (χ4v) is 3.79. The number of carbonyl (C=O) groups excluding carboxylic acids is 2. The number of Topliss-reactive ketones (excluding diaryl/α,β-unsaturated/α-hetero) is 1. The number of nitrogens with zero attached hydrogens (tertiary/aromatic N) is 1. The van der Waals surface area contributed by atoms with Gasteiger partial charge in [0.15, 0.2) is 0 Å². The van der Waals surface area contributed by atoms with E-state index in [0.29, 0.717) is 17.0 Å². The number of aliphatic hydroxyl groups excluding tert-OH is 1. The summed E-state index contributed by atoms with van der Waals surface area (Å²) in [7, 11) is 2.93. The topological polar surface area (TPSA) is 76.1 Å². The molecule has 1 aliphatic rings. The van der Waals surface area contributed by atoms with Crippen molar-refractivity contribution in [3.8, 4) is 11.5 Å². The predicted molar refractivity (Wildman–Crippen MR) is 117 cm³/mol. The van der Waals surface area contributed by atoms with E-state index in [1.165, 1.54) is 43.4 Å². The third-order valence-electron chi connectivity index (χ3n) is 5.33. The molecule has 1 saturated heterocycles. The van der Waals surface area contributed by atoms with Gasteiger partial charge in [-0.05, 0) is 42.0 Å². The van der Waals surface area contributed by atoms with Crippen molar-refractivity contribution in [1.29, 1.82) is 0 Å². The number of benzene rings is 3. The van der Waals surface area contributed by atoms with Crippen molar-refractivity contribution in [3.05, 3.63) is 95.3 Å². The Bertz CT molecular complexity index is 1200. The van der Waals surface area contributed by atoms with E-state index in [2.05, 4.69) is 0 Å². The molecule has 162 valence electrons. The van der Waals surface area contributed by atoms with Gasteiger partial charge in [-0.15, -0.1) is 0 Å². The highest BCUT2D eigenvalue weighted by Crippen LogP contribution is 2.43. The van der Waals surface area contributed by atoms with Crippen LogP contribution in [0.25, 0.3) is 5.76 Å². The van der Waals surface area contributed by atoms with E-state index in [-0.39, 0.29) is 22.6 Å². The number of hydrogen-bond acceptors (Lipinski definition) is 5. The third kappa shape index (κ3) is 3.58. The SMILES string of the molecule is COc1ccc(/C(O)=C2/C(=O)C(=O)N(c3ccc(F)cc3)C2c2ccccc2)c(OC)c1. The van der Waals surface area contributed by atoms with Crippen molar-refractivity contribution in [2.75, 3.05) is 19.1 Å². The Morgan fingerprint density at radius 3 is 2.25 bits per heavy atom. The molecule has 1 heterocycles. The van der Waals surface area contributed by atoms with Crippen molar-refractivity contribution in [2.45, 2.75) is 6.04 Å². The lowest BCUT2D eigenvalue weighted by Gasteiger charge is -2.25. The van der Waals surface area contributed by atoms with Gasteiger partial charge in [-0.25, -0.2) is 4.39 Å². The average molecular weight is 433 g/mol. The fourth-order valence-electron chi connectivity index (χ4n) is 3.79. The zero-order valence-electron chi connectivity index (χ0n) is 17.4. The largest absolute Gasteiger partial charge is 0.507 e. The number of hydrogen-bond donors (Lipinski definition) is 1. The molecule has 7 heteroatoms. The van der Waals surface area contributed by atoms with Crippen molar-refractivity contribution in [1.82, 2.24) is 0 Å². The second kappa shape index (κ2) is 8.55. The summed E-state index contributed by atoms with van der Waals surface area (Å²) in [5.41, 5.74) is 1.11. The highest BCUT2D eigenvalue weighted by molar-refractivity contribution is 6.51. The third-order valence-corrected chi connectivity index (χ3v) is 5.33. The highest BCUT2D eigenvalue weighted by Gasteiger charge is 2.47. The van der Waals surface area contributed by atoms with Crippen LogP contribution in [0, 0.1) is 5.82 Å². The molecular weight excluding hydrogens is 413 g/mol. The Hall–Kier alpha value is -4.13. The number of ketones is 1. The lowest BCUT2D eigenvalue weighted by Crippen LogP contribution is -2.29. The molecule has 3 aromatic rings. The van der Waals surface area contributed by atoms with Crippen LogP contribution in [0.5, 0.6) is 11.5 Å². The first-order valence-corrected chi connectivity index (χ1v) is 9.80. The van der Waals surface area contributed by atoms with Gasteiger partial charge >= 0.3 is 0 Å². The van der Waals surface area contributed by atoms with Crippen molar-refractivity contribution >= 4 is 23.1 Å². The number of carbonyl (C=O) groups is 2. The minimum atomic E-state index is -0.909. The summed E-state index contributed by atoms with van der Waals surface area (Å²) in [5.74, 6) is -1.73. The van der Waals surface area contributed by atoms with Crippen LogP contribution in [-0.4, -0.2) is 31.0 Å². The molecule has 0 aromatic heterocycles. The molecule has 0 radical (unpaired) electrons. The van der Waals surface area contributed by atoms with E-state index in [9.17, 15) is 19.1 Å². The van der Waals surface area contributed by atoms with Gasteiger partial charge in [-0.2, -0.15) is 0 Å². The van der Waals surface area contributed by atoms with Crippen LogP contribution in [-0.2, 0) is 9.59 Å². The number of anilines is 1. The quantitative estimate of drug-likeness (QED) is 0.365. The fraction of sp³-hybridized carbons (Fsp3) is 0.120. The van der Waals surface area contributed by atoms with E-state index in [1.54, 1.807) is 48.5 Å². The first-order chi connectivity index (χ1) is 15.5. The van der Waals surface area contributed by atoms with Crippen LogP contribution in [0.2, 0.25) is 0 Å². The molecule has 3 aromatic carbocycles. The van der Waals surface area contributed by atoms with E-state index in [1.807, 2.05) is 0 Å². The maximum absolute atomic E-state index is 13.5. The summed E-state index contributed by atoms with van der Waals surface area (Å²) in [5, 5.41) is 11.2. The van der Waals surface area contributed by atoms with Gasteiger partial charge in [0.1, 0.15) is 23.1 Å². The zero-order chi connectivity index (χ0) is 22.8. The molecule has 1 aliphatic heterocycles. The molecule has 0 saturated carbocycles. The number of aliphatic hydroxyl groups is 1. The van der Waals surface area contributed by atoms with Crippen LogP contribution < -0.4 is 14.4 Å². The first kappa shape index (κ1) is 21.1. The van der Waals surface area contributed by atoms with Crippen molar-refractivity contribution < 1.29 is 28.6 Å². The molecule has 4 rings (SSSR count). The van der Waals surface area contributed by atoms with Crippen molar-refractivity contribution in [2.24, 2.45) is 0 Å². The minimum absolute atomic E-state index is 0.0889. The molecule has 1 unspecified atom stereocenters. The normalized spacial score (nSPS) is 17.5. The maximum atomic E-state index is 13.5. The van der Waals surface area contributed by atoms with Crippen LogP contribution in [0.3, 0.4) is 0 Å². The number of methoxy groups -OCH3 is 2. The van der Waals surface area contributed by atoms with Gasteiger partial charge in [0.05, 0.1) is 31.4 Å². The molecule has 1 amide bonds. The number of amides is 1. The van der Waals surface area contributed by atoms with E-state index < -0.39 is 23.5 Å². The Morgan fingerprint density at radius 1 is 0.938 bits per heavy atom. The Kier molecular flexibility index (Phi) is 5.64. The second-order valence-corrected chi connectivity index (χ2v) is 7.12. The monoisotopic (exact) mass is 433 g/mol. The molecule has 6 nitrogen and oxygen atoms in total. The summed E-state index contributed by atoms with van der Waals surface area (Å²) >= 11 is 0. The smallest absolute Gasteiger partial charge is 0.300 e. The van der Waals surface area contributed by atoms with Crippen LogP contribution in [0.1, 0.15) is 17.2 Å². The van der Waals surface area contributed by atoms with Gasteiger partial charge < -0.3 is 14.6 Å². The number of ether oxygens (including phenoxy) is 2. The molecule has 0 aliphatic carbocycles. The van der Waals surface area contributed by atoms with E-state index in [0.717, 1.165) is 0 Å². The molecule has 1 N–H and O–H groups in total. The minimum Gasteiger partial charge on any atom is -0.507 e. The lowest BCUT2D eigenvalue weighted by atomic mass is 9.95. The summed E-state index contributed by atoms with van der Waals surface area (Å²) in [4.78, 5) is 27.5.